The molecule has 0 aromatic heterocycles. The van der Waals surface area contributed by atoms with Gasteiger partial charge in [0.2, 0.25) is 0 Å². The molecule has 0 aromatic rings. The fraction of sp³-hybridized carbons (Fsp3) is 1.00. The summed E-state index contributed by atoms with van der Waals surface area (Å²) in [5.41, 5.74) is 5.73. The van der Waals surface area contributed by atoms with E-state index in [0.29, 0.717) is 19.7 Å². The van der Waals surface area contributed by atoms with Crippen molar-refractivity contribution in [3.05, 3.63) is 5.21 Å². The van der Waals surface area contributed by atoms with Gasteiger partial charge >= 0.3 is 0 Å². The lowest BCUT2D eigenvalue weighted by atomic mass is 10.1. The summed E-state index contributed by atoms with van der Waals surface area (Å²) in [5.74, 6) is 0. The van der Waals surface area contributed by atoms with Gasteiger partial charge in [0.05, 0.1) is 6.61 Å². The molecule has 0 aromatic carbocycles. The predicted molar refractivity (Wildman–Crippen MR) is 42.1 cm³/mol. The number of hydrogen-bond acceptors (Lipinski definition) is 3. The minimum Gasteiger partial charge on any atom is -0.634 e. The Labute approximate surface area is 66.9 Å². The normalized spacial score (nSPS) is 35.2. The van der Waals surface area contributed by atoms with E-state index >= 15 is 0 Å². The number of nitrogens with one attached hydrogen (secondary N) is 1. The number of ether oxygens (including phenoxy) is 1. The third-order valence-electron chi connectivity index (χ3n) is 2.09. The number of rotatable bonds is 2. The average molecular weight is 160 g/mol. The molecular weight excluding hydrogens is 144 g/mol. The molecule has 0 aliphatic carbocycles. The molecule has 1 heterocycles. The van der Waals surface area contributed by atoms with Crippen molar-refractivity contribution in [1.82, 2.24) is 0 Å². The van der Waals surface area contributed by atoms with E-state index in [1.807, 2.05) is 6.92 Å². The monoisotopic (exact) mass is 160 g/mol. The number of hydroxylamine groups is 2. The standard InChI is InChI=1S/C7H16N2O2/c1-2-6(8)7-5-9(10)3-4-11-7/h6-7,9H,2-5,8H2,1H3. The summed E-state index contributed by atoms with van der Waals surface area (Å²) in [6, 6.07) is 0.0271. The van der Waals surface area contributed by atoms with Gasteiger partial charge in [0.15, 0.2) is 0 Å². The Hall–Kier alpha value is -0.160. The first-order valence-corrected chi connectivity index (χ1v) is 4.13. The second kappa shape index (κ2) is 4.01. The lowest BCUT2D eigenvalue weighted by Crippen LogP contribution is -3.10. The van der Waals surface area contributed by atoms with Crippen LogP contribution < -0.4 is 10.8 Å². The Balaban J connectivity index is 2.33. The zero-order valence-electron chi connectivity index (χ0n) is 6.88. The van der Waals surface area contributed by atoms with Gasteiger partial charge in [0.25, 0.3) is 0 Å². The largest absolute Gasteiger partial charge is 0.634 e. The second-order valence-corrected chi connectivity index (χ2v) is 2.97. The minimum atomic E-state index is -0.0266. The van der Waals surface area contributed by atoms with E-state index in [-0.39, 0.29) is 17.2 Å². The van der Waals surface area contributed by atoms with E-state index in [9.17, 15) is 5.21 Å². The quantitative estimate of drug-likeness (QED) is 0.483. The second-order valence-electron chi connectivity index (χ2n) is 2.97. The van der Waals surface area contributed by atoms with Gasteiger partial charge in [-0.15, -0.1) is 0 Å². The maximum atomic E-state index is 11.0. The molecule has 1 fully saturated rings. The van der Waals surface area contributed by atoms with Gasteiger partial charge < -0.3 is 20.7 Å². The smallest absolute Gasteiger partial charge is 0.122 e. The summed E-state index contributed by atoms with van der Waals surface area (Å²) in [4.78, 5) is 0. The predicted octanol–water partition coefficient (Wildman–Crippen LogP) is -1.49. The molecule has 11 heavy (non-hydrogen) atoms. The van der Waals surface area contributed by atoms with Crippen molar-refractivity contribution in [2.75, 3.05) is 19.7 Å². The minimum absolute atomic E-state index is 0.0266. The van der Waals surface area contributed by atoms with E-state index < -0.39 is 0 Å². The maximum absolute atomic E-state index is 11.0. The van der Waals surface area contributed by atoms with Crippen LogP contribution in [0.1, 0.15) is 13.3 Å². The van der Waals surface area contributed by atoms with Crippen LogP contribution in [0.5, 0.6) is 0 Å². The first kappa shape index (κ1) is 8.93. The molecule has 0 amide bonds. The highest BCUT2D eigenvalue weighted by Gasteiger charge is 2.23. The molecular formula is C7H16N2O2. The average Bonchev–Trinajstić information content (AvgIpc) is 2.03. The molecule has 1 aliphatic heterocycles. The van der Waals surface area contributed by atoms with Crippen LogP contribution in [0.4, 0.5) is 0 Å². The number of quaternary nitrogens is 1. The zero-order chi connectivity index (χ0) is 8.27. The van der Waals surface area contributed by atoms with Gasteiger partial charge in [0.1, 0.15) is 19.2 Å². The fourth-order valence-corrected chi connectivity index (χ4v) is 1.25. The van der Waals surface area contributed by atoms with Crippen LogP contribution in [0.25, 0.3) is 0 Å². The Kier molecular flexibility index (Phi) is 3.26. The number of nitrogens with two attached hydrogens (primary N) is 1. The van der Waals surface area contributed by atoms with Gasteiger partial charge in [-0.3, -0.25) is 0 Å². The number of morpholine rings is 1. The van der Waals surface area contributed by atoms with E-state index in [4.69, 9.17) is 10.5 Å². The summed E-state index contributed by atoms with van der Waals surface area (Å²) in [7, 11) is 0. The molecule has 3 atom stereocenters. The highest BCUT2D eigenvalue weighted by atomic mass is 16.5. The van der Waals surface area contributed by atoms with Gasteiger partial charge in [-0.05, 0) is 6.42 Å². The molecule has 1 rings (SSSR count). The van der Waals surface area contributed by atoms with E-state index in [2.05, 4.69) is 0 Å². The number of hydrogen-bond donors (Lipinski definition) is 2. The molecule has 0 radical (unpaired) electrons. The fourth-order valence-electron chi connectivity index (χ4n) is 1.25. The van der Waals surface area contributed by atoms with Crippen LogP contribution in [0.3, 0.4) is 0 Å². The van der Waals surface area contributed by atoms with Crippen molar-refractivity contribution >= 4 is 0 Å². The third kappa shape index (κ3) is 2.41. The van der Waals surface area contributed by atoms with Crippen LogP contribution in [0.15, 0.2) is 0 Å². The van der Waals surface area contributed by atoms with E-state index in [1.54, 1.807) is 0 Å². The van der Waals surface area contributed by atoms with E-state index in [0.717, 1.165) is 6.42 Å². The Morgan fingerprint density at radius 2 is 2.55 bits per heavy atom. The highest BCUT2D eigenvalue weighted by Crippen LogP contribution is 2.00. The maximum Gasteiger partial charge on any atom is 0.122 e. The van der Waals surface area contributed by atoms with Crippen molar-refractivity contribution < 1.29 is 9.80 Å². The molecule has 1 aliphatic rings. The van der Waals surface area contributed by atoms with Crippen LogP contribution >= 0.6 is 0 Å². The van der Waals surface area contributed by atoms with E-state index in [1.165, 1.54) is 0 Å². The molecule has 1 saturated heterocycles. The molecule has 3 unspecified atom stereocenters. The molecule has 0 bridgehead atoms. The molecule has 3 N–H and O–H groups in total. The Morgan fingerprint density at radius 3 is 3.09 bits per heavy atom. The summed E-state index contributed by atoms with van der Waals surface area (Å²) in [6.45, 7) is 3.63. The SMILES string of the molecule is CCC(N)C1C[NH+]([O-])CCO1. The molecule has 4 nitrogen and oxygen atoms in total. The van der Waals surface area contributed by atoms with Crippen LogP contribution in [0.2, 0.25) is 0 Å². The van der Waals surface area contributed by atoms with Gasteiger partial charge in [-0.25, -0.2) is 0 Å². The third-order valence-corrected chi connectivity index (χ3v) is 2.09. The Bertz CT molecular complexity index is 121. The van der Waals surface area contributed by atoms with Crippen molar-refractivity contribution in [1.29, 1.82) is 0 Å². The van der Waals surface area contributed by atoms with Gasteiger partial charge in [-0.1, -0.05) is 6.92 Å². The summed E-state index contributed by atoms with van der Waals surface area (Å²) in [5, 5.41) is 11.2. The Morgan fingerprint density at radius 1 is 1.82 bits per heavy atom. The molecule has 0 saturated carbocycles. The summed E-state index contributed by atoms with van der Waals surface area (Å²) in [6.07, 6.45) is 0.846. The van der Waals surface area contributed by atoms with Crippen molar-refractivity contribution in [3.8, 4) is 0 Å². The van der Waals surface area contributed by atoms with Crippen LogP contribution in [0, 0.1) is 5.21 Å². The molecule has 0 spiro atoms. The highest BCUT2D eigenvalue weighted by molar-refractivity contribution is 4.72. The molecule has 66 valence electrons. The van der Waals surface area contributed by atoms with Crippen molar-refractivity contribution in [2.45, 2.75) is 25.5 Å². The topological polar surface area (TPSA) is 62.8 Å². The van der Waals surface area contributed by atoms with Gasteiger partial charge in [0, 0.05) is 6.04 Å². The molecule has 4 heteroatoms. The first-order valence-electron chi connectivity index (χ1n) is 4.13. The van der Waals surface area contributed by atoms with Crippen LogP contribution in [-0.4, -0.2) is 31.8 Å². The summed E-state index contributed by atoms with van der Waals surface area (Å²) < 4.78 is 5.36. The van der Waals surface area contributed by atoms with Crippen molar-refractivity contribution in [3.63, 3.8) is 0 Å². The lowest BCUT2D eigenvalue weighted by molar-refractivity contribution is -0.861. The lowest BCUT2D eigenvalue weighted by Gasteiger charge is -2.34. The van der Waals surface area contributed by atoms with Gasteiger partial charge in [-0.2, -0.15) is 0 Å². The van der Waals surface area contributed by atoms with Crippen LogP contribution in [-0.2, 0) is 4.74 Å². The first-order chi connectivity index (χ1) is 5.24. The van der Waals surface area contributed by atoms with Crippen molar-refractivity contribution in [2.24, 2.45) is 5.73 Å². The zero-order valence-corrected chi connectivity index (χ0v) is 6.88. The summed E-state index contributed by atoms with van der Waals surface area (Å²) >= 11 is 0.